The van der Waals surface area contributed by atoms with Gasteiger partial charge in [0.05, 0.1) is 0 Å². The van der Waals surface area contributed by atoms with Gasteiger partial charge in [-0.3, -0.25) is 0 Å². The van der Waals surface area contributed by atoms with Crippen molar-refractivity contribution < 1.29 is 4.74 Å². The molecular formula is C16H23NO. The van der Waals surface area contributed by atoms with Gasteiger partial charge in [-0.2, -0.15) is 0 Å². The van der Waals surface area contributed by atoms with E-state index in [9.17, 15) is 0 Å². The predicted molar refractivity (Wildman–Crippen MR) is 73.6 cm³/mol. The van der Waals surface area contributed by atoms with Crippen LogP contribution in [0.4, 0.5) is 0 Å². The first kappa shape index (κ1) is 12.2. The molecule has 2 unspecified atom stereocenters. The van der Waals surface area contributed by atoms with Gasteiger partial charge < -0.3 is 10.5 Å². The third-order valence-corrected chi connectivity index (χ3v) is 4.64. The quantitative estimate of drug-likeness (QED) is 0.888. The van der Waals surface area contributed by atoms with Crippen molar-refractivity contribution in [2.24, 2.45) is 11.7 Å². The Balaban J connectivity index is 1.64. The van der Waals surface area contributed by atoms with Crippen molar-refractivity contribution in [1.29, 1.82) is 0 Å². The largest absolute Gasteiger partial charge is 0.381 e. The summed E-state index contributed by atoms with van der Waals surface area (Å²) < 4.78 is 5.42. The molecule has 2 aliphatic rings. The van der Waals surface area contributed by atoms with E-state index in [-0.39, 0.29) is 0 Å². The molecular weight excluding hydrogens is 222 g/mol. The molecule has 1 saturated heterocycles. The van der Waals surface area contributed by atoms with Gasteiger partial charge in [0.15, 0.2) is 0 Å². The van der Waals surface area contributed by atoms with Crippen LogP contribution in [0.15, 0.2) is 24.3 Å². The van der Waals surface area contributed by atoms with Gasteiger partial charge in [-0.15, -0.1) is 0 Å². The minimum Gasteiger partial charge on any atom is -0.381 e. The highest BCUT2D eigenvalue weighted by atomic mass is 16.5. The molecule has 1 aliphatic heterocycles. The molecule has 2 heteroatoms. The van der Waals surface area contributed by atoms with Crippen molar-refractivity contribution in [3.63, 3.8) is 0 Å². The summed E-state index contributed by atoms with van der Waals surface area (Å²) >= 11 is 0. The lowest BCUT2D eigenvalue weighted by molar-refractivity contribution is 0.0610. The molecule has 2 nitrogen and oxygen atoms in total. The van der Waals surface area contributed by atoms with Crippen LogP contribution in [0.2, 0.25) is 0 Å². The molecule has 0 radical (unpaired) electrons. The Kier molecular flexibility index (Phi) is 3.67. The van der Waals surface area contributed by atoms with Crippen molar-refractivity contribution in [1.82, 2.24) is 0 Å². The highest BCUT2D eigenvalue weighted by Crippen LogP contribution is 2.37. The fourth-order valence-electron chi connectivity index (χ4n) is 3.57. The number of hydrogen-bond donors (Lipinski definition) is 1. The average molecular weight is 245 g/mol. The second-order valence-electron chi connectivity index (χ2n) is 5.80. The lowest BCUT2D eigenvalue weighted by Gasteiger charge is -2.28. The molecule has 2 atom stereocenters. The van der Waals surface area contributed by atoms with Crippen LogP contribution >= 0.6 is 0 Å². The third kappa shape index (κ3) is 2.45. The van der Waals surface area contributed by atoms with E-state index in [4.69, 9.17) is 10.5 Å². The van der Waals surface area contributed by atoms with Gasteiger partial charge in [-0.25, -0.2) is 0 Å². The van der Waals surface area contributed by atoms with Crippen LogP contribution in [-0.4, -0.2) is 19.3 Å². The lowest BCUT2D eigenvalue weighted by atomic mass is 9.84. The first-order valence-corrected chi connectivity index (χ1v) is 7.25. The number of hydrogen-bond acceptors (Lipinski definition) is 2. The molecule has 1 fully saturated rings. The topological polar surface area (TPSA) is 35.2 Å². The van der Waals surface area contributed by atoms with Gasteiger partial charge in [0, 0.05) is 19.3 Å². The summed E-state index contributed by atoms with van der Waals surface area (Å²) in [6, 6.07) is 9.16. The highest BCUT2D eigenvalue weighted by molar-refractivity contribution is 5.35. The second kappa shape index (κ2) is 5.41. The van der Waals surface area contributed by atoms with Crippen LogP contribution in [-0.2, 0) is 11.2 Å². The molecule has 3 rings (SSSR count). The maximum Gasteiger partial charge on any atom is 0.0468 e. The van der Waals surface area contributed by atoms with Gasteiger partial charge in [0.2, 0.25) is 0 Å². The van der Waals surface area contributed by atoms with E-state index in [0.717, 1.165) is 19.1 Å². The molecule has 1 aliphatic carbocycles. The van der Waals surface area contributed by atoms with Crippen molar-refractivity contribution in [2.45, 2.75) is 44.1 Å². The summed E-state index contributed by atoms with van der Waals surface area (Å²) in [5, 5.41) is 0. The standard InChI is InChI=1S/C16H23NO/c17-16(11-12-7-9-18-10-8-12)15-6-5-13-3-1-2-4-14(13)15/h1-4,12,15-16H,5-11,17H2. The Morgan fingerprint density at radius 2 is 1.94 bits per heavy atom. The van der Waals surface area contributed by atoms with E-state index in [2.05, 4.69) is 24.3 Å². The SMILES string of the molecule is NC(CC1CCOCC1)C1CCc2ccccc21. The predicted octanol–water partition coefficient (Wildman–Crippen LogP) is 2.86. The Bertz CT molecular complexity index is 398. The molecule has 1 aromatic carbocycles. The fourth-order valence-corrected chi connectivity index (χ4v) is 3.57. The number of rotatable bonds is 3. The van der Waals surface area contributed by atoms with Crippen LogP contribution in [0, 0.1) is 5.92 Å². The molecule has 1 aromatic rings. The summed E-state index contributed by atoms with van der Waals surface area (Å²) in [4.78, 5) is 0. The first-order chi connectivity index (χ1) is 8.84. The monoisotopic (exact) mass is 245 g/mol. The average Bonchev–Trinajstić information content (AvgIpc) is 2.84. The zero-order chi connectivity index (χ0) is 12.4. The third-order valence-electron chi connectivity index (χ3n) is 4.64. The Hall–Kier alpha value is -0.860. The van der Waals surface area contributed by atoms with Crippen LogP contribution in [0.25, 0.3) is 0 Å². The van der Waals surface area contributed by atoms with Crippen LogP contribution in [0.1, 0.15) is 42.7 Å². The summed E-state index contributed by atoms with van der Waals surface area (Å²) in [5.41, 5.74) is 9.51. The van der Waals surface area contributed by atoms with Gasteiger partial charge in [0.25, 0.3) is 0 Å². The van der Waals surface area contributed by atoms with E-state index >= 15 is 0 Å². The lowest BCUT2D eigenvalue weighted by Crippen LogP contribution is -2.31. The van der Waals surface area contributed by atoms with Crippen molar-refractivity contribution in [3.05, 3.63) is 35.4 Å². The summed E-state index contributed by atoms with van der Waals surface area (Å²) in [6.07, 6.45) is 6.01. The molecule has 2 N–H and O–H groups in total. The highest BCUT2D eigenvalue weighted by Gasteiger charge is 2.29. The van der Waals surface area contributed by atoms with E-state index in [1.165, 1.54) is 43.2 Å². The molecule has 1 heterocycles. The maximum atomic E-state index is 6.48. The maximum absolute atomic E-state index is 6.48. The molecule has 98 valence electrons. The minimum atomic E-state index is 0.330. The zero-order valence-electron chi connectivity index (χ0n) is 11.0. The molecule has 0 amide bonds. The number of benzene rings is 1. The first-order valence-electron chi connectivity index (χ1n) is 7.25. The van der Waals surface area contributed by atoms with E-state index in [1.807, 2.05) is 0 Å². The van der Waals surface area contributed by atoms with Crippen molar-refractivity contribution in [2.75, 3.05) is 13.2 Å². The van der Waals surface area contributed by atoms with Crippen molar-refractivity contribution >= 4 is 0 Å². The number of nitrogens with two attached hydrogens (primary N) is 1. The zero-order valence-corrected chi connectivity index (χ0v) is 11.0. The Morgan fingerprint density at radius 3 is 2.78 bits per heavy atom. The summed E-state index contributed by atoms with van der Waals surface area (Å²) in [7, 11) is 0. The van der Waals surface area contributed by atoms with E-state index in [0.29, 0.717) is 12.0 Å². The summed E-state index contributed by atoms with van der Waals surface area (Å²) in [6.45, 7) is 1.86. The van der Waals surface area contributed by atoms with E-state index in [1.54, 1.807) is 0 Å². The van der Waals surface area contributed by atoms with Gasteiger partial charge in [-0.05, 0) is 55.1 Å². The van der Waals surface area contributed by atoms with Crippen molar-refractivity contribution in [3.8, 4) is 0 Å². The smallest absolute Gasteiger partial charge is 0.0468 e. The fraction of sp³-hybridized carbons (Fsp3) is 0.625. The van der Waals surface area contributed by atoms with Crippen LogP contribution < -0.4 is 5.73 Å². The number of aryl methyl sites for hydroxylation is 1. The molecule has 0 saturated carbocycles. The number of ether oxygens (including phenoxy) is 1. The minimum absolute atomic E-state index is 0.330. The number of fused-ring (bicyclic) bond motifs is 1. The van der Waals surface area contributed by atoms with Crippen LogP contribution in [0.5, 0.6) is 0 Å². The van der Waals surface area contributed by atoms with E-state index < -0.39 is 0 Å². The van der Waals surface area contributed by atoms with Crippen LogP contribution in [0.3, 0.4) is 0 Å². The second-order valence-corrected chi connectivity index (χ2v) is 5.80. The molecule has 0 spiro atoms. The normalized spacial score (nSPS) is 25.9. The van der Waals surface area contributed by atoms with Gasteiger partial charge in [0.1, 0.15) is 0 Å². The molecule has 18 heavy (non-hydrogen) atoms. The Labute approximate surface area is 110 Å². The summed E-state index contributed by atoms with van der Waals surface area (Å²) in [5.74, 6) is 1.37. The molecule has 0 bridgehead atoms. The Morgan fingerprint density at radius 1 is 1.17 bits per heavy atom. The van der Waals surface area contributed by atoms with Gasteiger partial charge >= 0.3 is 0 Å². The van der Waals surface area contributed by atoms with Gasteiger partial charge in [-0.1, -0.05) is 24.3 Å². The molecule has 0 aromatic heterocycles.